The molecular formula is C12H24N2. The molecule has 0 heterocycles. The van der Waals surface area contributed by atoms with Gasteiger partial charge in [0.2, 0.25) is 0 Å². The molecular weight excluding hydrogens is 172 g/mol. The molecule has 14 heavy (non-hydrogen) atoms. The van der Waals surface area contributed by atoms with E-state index in [1.165, 1.54) is 25.7 Å². The first kappa shape index (κ1) is 11.7. The van der Waals surface area contributed by atoms with Crippen molar-refractivity contribution < 1.29 is 0 Å². The van der Waals surface area contributed by atoms with Crippen molar-refractivity contribution >= 4 is 0 Å². The normalized spacial score (nSPS) is 24.5. The van der Waals surface area contributed by atoms with Crippen LogP contribution in [0.15, 0.2) is 12.7 Å². The van der Waals surface area contributed by atoms with Gasteiger partial charge in [0.25, 0.3) is 0 Å². The molecule has 0 spiro atoms. The highest BCUT2D eigenvalue weighted by Crippen LogP contribution is 2.39. The van der Waals surface area contributed by atoms with E-state index in [2.05, 4.69) is 25.9 Å². The van der Waals surface area contributed by atoms with E-state index >= 15 is 0 Å². The molecule has 0 radical (unpaired) electrons. The number of hydrogen-bond acceptors (Lipinski definition) is 2. The van der Waals surface area contributed by atoms with Crippen molar-refractivity contribution in [3.8, 4) is 0 Å². The number of rotatable bonds is 4. The van der Waals surface area contributed by atoms with Crippen molar-refractivity contribution in [3.05, 3.63) is 12.7 Å². The zero-order valence-corrected chi connectivity index (χ0v) is 9.55. The van der Waals surface area contributed by atoms with Crippen LogP contribution >= 0.6 is 0 Å². The van der Waals surface area contributed by atoms with E-state index < -0.39 is 0 Å². The quantitative estimate of drug-likeness (QED) is 0.412. The minimum atomic E-state index is 0.434. The van der Waals surface area contributed by atoms with Gasteiger partial charge in [0, 0.05) is 6.04 Å². The van der Waals surface area contributed by atoms with Gasteiger partial charge in [-0.3, -0.25) is 11.3 Å². The van der Waals surface area contributed by atoms with Gasteiger partial charge in [-0.15, -0.1) is 6.58 Å². The lowest BCUT2D eigenvalue weighted by atomic mass is 9.71. The standard InChI is InChI=1S/C12H24N2/c1-4-5-11(14-13)10-6-8-12(2,3)9-7-10/h4,10-11,14H,1,5-9,13H2,2-3H3. The Hall–Kier alpha value is -0.340. The van der Waals surface area contributed by atoms with E-state index in [0.717, 1.165) is 12.3 Å². The summed E-state index contributed by atoms with van der Waals surface area (Å²) in [5.74, 6) is 6.30. The zero-order valence-electron chi connectivity index (χ0n) is 9.55. The van der Waals surface area contributed by atoms with Gasteiger partial charge in [-0.25, -0.2) is 0 Å². The summed E-state index contributed by atoms with van der Waals surface area (Å²) in [4.78, 5) is 0. The fraction of sp³-hybridized carbons (Fsp3) is 0.833. The lowest BCUT2D eigenvalue weighted by Crippen LogP contribution is -2.42. The number of hydrogen-bond donors (Lipinski definition) is 2. The van der Waals surface area contributed by atoms with Crippen molar-refractivity contribution in [2.75, 3.05) is 0 Å². The van der Waals surface area contributed by atoms with Gasteiger partial charge in [-0.2, -0.15) is 0 Å². The summed E-state index contributed by atoms with van der Waals surface area (Å²) < 4.78 is 0. The first-order valence-corrected chi connectivity index (χ1v) is 5.66. The molecule has 0 aromatic carbocycles. The molecule has 3 N–H and O–H groups in total. The lowest BCUT2D eigenvalue weighted by Gasteiger charge is -2.37. The lowest BCUT2D eigenvalue weighted by molar-refractivity contribution is 0.162. The predicted octanol–water partition coefficient (Wildman–Crippen LogP) is 2.61. The zero-order chi connectivity index (χ0) is 10.6. The van der Waals surface area contributed by atoms with Gasteiger partial charge in [0.1, 0.15) is 0 Å². The summed E-state index contributed by atoms with van der Waals surface area (Å²) in [7, 11) is 0. The van der Waals surface area contributed by atoms with E-state index in [-0.39, 0.29) is 0 Å². The highest BCUT2D eigenvalue weighted by molar-refractivity contribution is 4.87. The maximum absolute atomic E-state index is 5.56. The van der Waals surface area contributed by atoms with E-state index in [9.17, 15) is 0 Å². The topological polar surface area (TPSA) is 38.0 Å². The Morgan fingerprint density at radius 3 is 2.50 bits per heavy atom. The predicted molar refractivity (Wildman–Crippen MR) is 61.7 cm³/mol. The molecule has 0 saturated heterocycles. The Balaban J connectivity index is 2.42. The van der Waals surface area contributed by atoms with Crippen LogP contribution in [0, 0.1) is 11.3 Å². The van der Waals surface area contributed by atoms with Gasteiger partial charge in [0.05, 0.1) is 0 Å². The molecule has 0 amide bonds. The third-order valence-electron chi connectivity index (χ3n) is 3.59. The van der Waals surface area contributed by atoms with Gasteiger partial charge >= 0.3 is 0 Å². The van der Waals surface area contributed by atoms with E-state index in [0.29, 0.717) is 11.5 Å². The fourth-order valence-corrected chi connectivity index (χ4v) is 2.40. The summed E-state index contributed by atoms with van der Waals surface area (Å²) in [5.41, 5.74) is 3.47. The molecule has 0 aromatic rings. The van der Waals surface area contributed by atoms with Crippen LogP contribution in [0.5, 0.6) is 0 Å². The Bertz CT molecular complexity index is 177. The second-order valence-corrected chi connectivity index (χ2v) is 5.30. The highest BCUT2D eigenvalue weighted by atomic mass is 15.2. The molecule has 82 valence electrons. The molecule has 1 rings (SSSR count). The molecule has 1 atom stereocenters. The third-order valence-corrected chi connectivity index (χ3v) is 3.59. The minimum absolute atomic E-state index is 0.434. The fourth-order valence-electron chi connectivity index (χ4n) is 2.40. The minimum Gasteiger partial charge on any atom is -0.271 e. The van der Waals surface area contributed by atoms with Crippen LogP contribution in [0.3, 0.4) is 0 Å². The SMILES string of the molecule is C=CCC(NN)C1CCC(C)(C)CC1. The van der Waals surface area contributed by atoms with E-state index in [4.69, 9.17) is 5.84 Å². The van der Waals surface area contributed by atoms with Crippen molar-refractivity contribution in [1.82, 2.24) is 5.43 Å². The van der Waals surface area contributed by atoms with Crippen molar-refractivity contribution in [2.45, 2.75) is 52.0 Å². The molecule has 1 fully saturated rings. The van der Waals surface area contributed by atoms with Gasteiger partial charge in [0.15, 0.2) is 0 Å². The average molecular weight is 196 g/mol. The van der Waals surface area contributed by atoms with Crippen LogP contribution in [-0.4, -0.2) is 6.04 Å². The molecule has 0 aliphatic heterocycles. The molecule has 1 aliphatic rings. The maximum Gasteiger partial charge on any atom is 0.0273 e. The molecule has 1 unspecified atom stereocenters. The molecule has 2 nitrogen and oxygen atoms in total. The first-order valence-electron chi connectivity index (χ1n) is 5.66. The largest absolute Gasteiger partial charge is 0.271 e. The monoisotopic (exact) mass is 196 g/mol. The summed E-state index contributed by atoms with van der Waals surface area (Å²) in [6.07, 6.45) is 8.21. The van der Waals surface area contributed by atoms with Crippen LogP contribution < -0.4 is 11.3 Å². The average Bonchev–Trinajstić information content (AvgIpc) is 2.15. The van der Waals surface area contributed by atoms with Crippen molar-refractivity contribution in [1.29, 1.82) is 0 Å². The summed E-state index contributed by atoms with van der Waals surface area (Å²) >= 11 is 0. The van der Waals surface area contributed by atoms with Crippen molar-refractivity contribution in [3.63, 3.8) is 0 Å². The first-order chi connectivity index (χ1) is 6.59. The second-order valence-electron chi connectivity index (χ2n) is 5.30. The van der Waals surface area contributed by atoms with Gasteiger partial charge in [-0.1, -0.05) is 19.9 Å². The molecule has 1 saturated carbocycles. The van der Waals surface area contributed by atoms with E-state index in [1.807, 2.05) is 6.08 Å². The van der Waals surface area contributed by atoms with Crippen LogP contribution in [0.25, 0.3) is 0 Å². The Labute approximate surface area is 87.9 Å². The molecule has 1 aliphatic carbocycles. The van der Waals surface area contributed by atoms with Crippen LogP contribution in [0.2, 0.25) is 0 Å². The van der Waals surface area contributed by atoms with Gasteiger partial charge < -0.3 is 0 Å². The van der Waals surface area contributed by atoms with Gasteiger partial charge in [-0.05, 0) is 43.4 Å². The molecule has 2 heteroatoms. The Morgan fingerprint density at radius 2 is 2.07 bits per heavy atom. The molecule has 0 bridgehead atoms. The maximum atomic E-state index is 5.56. The molecule has 0 aromatic heterocycles. The van der Waals surface area contributed by atoms with Crippen LogP contribution in [0.1, 0.15) is 46.0 Å². The summed E-state index contributed by atoms with van der Waals surface area (Å²) in [6, 6.07) is 0.434. The summed E-state index contributed by atoms with van der Waals surface area (Å²) in [6.45, 7) is 8.50. The van der Waals surface area contributed by atoms with E-state index in [1.54, 1.807) is 0 Å². The Kier molecular flexibility index (Phi) is 4.14. The number of nitrogens with one attached hydrogen (secondary N) is 1. The van der Waals surface area contributed by atoms with Crippen LogP contribution in [0.4, 0.5) is 0 Å². The smallest absolute Gasteiger partial charge is 0.0273 e. The van der Waals surface area contributed by atoms with Crippen LogP contribution in [-0.2, 0) is 0 Å². The second kappa shape index (κ2) is 4.94. The third kappa shape index (κ3) is 3.10. The number of nitrogens with two attached hydrogens (primary N) is 1. The van der Waals surface area contributed by atoms with Crippen molar-refractivity contribution in [2.24, 2.45) is 17.2 Å². The Morgan fingerprint density at radius 1 is 1.50 bits per heavy atom. The number of hydrazine groups is 1. The summed E-state index contributed by atoms with van der Waals surface area (Å²) in [5, 5.41) is 0. The highest BCUT2D eigenvalue weighted by Gasteiger charge is 2.30.